The number of benzene rings is 3. The third kappa shape index (κ3) is 3.62. The van der Waals surface area contributed by atoms with Crippen molar-refractivity contribution >= 4 is 41.9 Å². The lowest BCUT2D eigenvalue weighted by Gasteiger charge is -2.30. The molecule has 0 spiro atoms. The van der Waals surface area contributed by atoms with Crippen LogP contribution in [-0.2, 0) is 0 Å². The second kappa shape index (κ2) is 7.72. The van der Waals surface area contributed by atoms with E-state index in [1.54, 1.807) is 0 Å². The first-order chi connectivity index (χ1) is 13.0. The van der Waals surface area contributed by atoms with Crippen LogP contribution in [0.15, 0.2) is 72.8 Å². The molecular weight excluding hydrogens is 350 g/mol. The smallest absolute Gasteiger partial charge is 0.150 e. The highest BCUT2D eigenvalue weighted by molar-refractivity contribution is 7.10. The maximum atomic E-state index is 11.1. The molecule has 0 aliphatic rings. The summed E-state index contributed by atoms with van der Waals surface area (Å²) in [5, 5.41) is 3.74. The number of aldehydes is 2. The lowest BCUT2D eigenvalue weighted by atomic mass is 10.2. The van der Waals surface area contributed by atoms with Crippen LogP contribution in [0.3, 0.4) is 0 Å². The molecule has 0 N–H and O–H groups in total. The van der Waals surface area contributed by atoms with Gasteiger partial charge < -0.3 is 4.90 Å². The van der Waals surface area contributed by atoms with Gasteiger partial charge in [-0.15, -0.1) is 0 Å². The standard InChI is InChI=1S/C23H23NO2Si/c1-24(2)20-8-14-23(15-9-20)27(3,21-10-4-18(16-25)5-11-21)22-12-6-19(17-26)7-13-22/h4-17H,1-3H3. The summed E-state index contributed by atoms with van der Waals surface area (Å²) < 4.78 is 0. The van der Waals surface area contributed by atoms with Gasteiger partial charge in [0.1, 0.15) is 20.6 Å². The van der Waals surface area contributed by atoms with E-state index >= 15 is 0 Å². The Labute approximate surface area is 161 Å². The minimum atomic E-state index is -2.26. The van der Waals surface area contributed by atoms with Crippen molar-refractivity contribution in [3.63, 3.8) is 0 Å². The molecule has 3 nitrogen and oxygen atoms in total. The van der Waals surface area contributed by atoms with E-state index in [1.807, 2.05) is 38.4 Å². The molecule has 0 aromatic heterocycles. The SMILES string of the molecule is CN(C)c1ccc([Si](C)(c2ccc(C=O)cc2)c2ccc(C=O)cc2)cc1. The van der Waals surface area contributed by atoms with Crippen LogP contribution in [0.4, 0.5) is 5.69 Å². The zero-order chi connectivity index (χ0) is 19.4. The topological polar surface area (TPSA) is 37.4 Å². The number of carbonyl (C=O) groups excluding carboxylic acids is 2. The zero-order valence-electron chi connectivity index (χ0n) is 15.8. The van der Waals surface area contributed by atoms with Gasteiger partial charge in [0, 0.05) is 30.9 Å². The number of hydrogen-bond donors (Lipinski definition) is 0. The molecule has 0 bridgehead atoms. The van der Waals surface area contributed by atoms with Gasteiger partial charge >= 0.3 is 0 Å². The molecule has 3 aromatic carbocycles. The molecular formula is C23H23NO2Si. The van der Waals surface area contributed by atoms with Crippen molar-refractivity contribution in [3.05, 3.63) is 83.9 Å². The van der Waals surface area contributed by atoms with Crippen LogP contribution >= 0.6 is 0 Å². The minimum absolute atomic E-state index is 0.675. The van der Waals surface area contributed by atoms with Gasteiger partial charge in [-0.1, -0.05) is 67.2 Å². The first kappa shape index (κ1) is 18.8. The largest absolute Gasteiger partial charge is 0.378 e. The maximum absolute atomic E-state index is 11.1. The number of nitrogens with zero attached hydrogens (tertiary/aromatic N) is 1. The highest BCUT2D eigenvalue weighted by atomic mass is 28.3. The highest BCUT2D eigenvalue weighted by Crippen LogP contribution is 2.13. The van der Waals surface area contributed by atoms with Crippen molar-refractivity contribution in [2.24, 2.45) is 0 Å². The number of anilines is 1. The van der Waals surface area contributed by atoms with E-state index in [0.29, 0.717) is 11.1 Å². The Hall–Kier alpha value is -2.98. The van der Waals surface area contributed by atoms with Crippen molar-refractivity contribution < 1.29 is 9.59 Å². The zero-order valence-corrected chi connectivity index (χ0v) is 16.8. The molecule has 0 heterocycles. The Morgan fingerprint density at radius 3 is 1.26 bits per heavy atom. The van der Waals surface area contributed by atoms with Gasteiger partial charge in [-0.3, -0.25) is 9.59 Å². The lowest BCUT2D eigenvalue weighted by Crippen LogP contribution is -2.64. The molecule has 4 heteroatoms. The molecule has 3 rings (SSSR count). The van der Waals surface area contributed by atoms with Gasteiger partial charge in [-0.25, -0.2) is 0 Å². The van der Waals surface area contributed by atoms with Gasteiger partial charge in [-0.2, -0.15) is 0 Å². The van der Waals surface area contributed by atoms with Crippen molar-refractivity contribution in [1.82, 2.24) is 0 Å². The summed E-state index contributed by atoms with van der Waals surface area (Å²) in [5.41, 5.74) is 2.51. The van der Waals surface area contributed by atoms with Gasteiger partial charge in [0.25, 0.3) is 0 Å². The predicted molar refractivity (Wildman–Crippen MR) is 115 cm³/mol. The molecule has 136 valence electrons. The molecule has 0 saturated carbocycles. The molecule has 0 radical (unpaired) electrons. The third-order valence-electron chi connectivity index (χ3n) is 5.21. The van der Waals surface area contributed by atoms with Crippen molar-refractivity contribution in [2.45, 2.75) is 6.55 Å². The summed E-state index contributed by atoms with van der Waals surface area (Å²) in [5.74, 6) is 0. The Morgan fingerprint density at radius 2 is 0.963 bits per heavy atom. The molecule has 0 fully saturated rings. The Bertz CT molecular complexity index is 878. The van der Waals surface area contributed by atoms with Gasteiger partial charge in [0.05, 0.1) is 0 Å². The quantitative estimate of drug-likeness (QED) is 0.378. The summed E-state index contributed by atoms with van der Waals surface area (Å²) >= 11 is 0. The van der Waals surface area contributed by atoms with E-state index in [4.69, 9.17) is 0 Å². The van der Waals surface area contributed by atoms with E-state index in [1.165, 1.54) is 15.6 Å². The van der Waals surface area contributed by atoms with Crippen molar-refractivity contribution in [3.8, 4) is 0 Å². The van der Waals surface area contributed by atoms with Crippen LogP contribution in [-0.4, -0.2) is 34.7 Å². The first-order valence-electron chi connectivity index (χ1n) is 8.88. The number of hydrogen-bond acceptors (Lipinski definition) is 3. The Balaban J connectivity index is 2.17. The molecule has 0 aliphatic heterocycles. The Morgan fingerprint density at radius 1 is 0.630 bits per heavy atom. The van der Waals surface area contributed by atoms with E-state index in [9.17, 15) is 9.59 Å². The van der Waals surface area contributed by atoms with Crippen LogP contribution in [0.2, 0.25) is 6.55 Å². The van der Waals surface area contributed by atoms with Gasteiger partial charge in [0.2, 0.25) is 0 Å². The van der Waals surface area contributed by atoms with Crippen LogP contribution in [0.1, 0.15) is 20.7 Å². The number of rotatable bonds is 6. The molecule has 3 aromatic rings. The van der Waals surface area contributed by atoms with E-state index < -0.39 is 8.07 Å². The van der Waals surface area contributed by atoms with Crippen LogP contribution in [0.5, 0.6) is 0 Å². The number of carbonyl (C=O) groups is 2. The van der Waals surface area contributed by atoms with Crippen LogP contribution < -0.4 is 20.5 Å². The molecule has 0 amide bonds. The summed E-state index contributed by atoms with van der Waals surface area (Å²) in [4.78, 5) is 24.2. The van der Waals surface area contributed by atoms with Gasteiger partial charge in [-0.05, 0) is 27.7 Å². The highest BCUT2D eigenvalue weighted by Gasteiger charge is 2.34. The van der Waals surface area contributed by atoms with E-state index in [2.05, 4.69) is 60.0 Å². The summed E-state index contributed by atoms with van der Waals surface area (Å²) in [7, 11) is 1.80. The van der Waals surface area contributed by atoms with Crippen molar-refractivity contribution in [2.75, 3.05) is 19.0 Å². The maximum Gasteiger partial charge on any atom is 0.150 e. The van der Waals surface area contributed by atoms with E-state index in [-0.39, 0.29) is 0 Å². The fraction of sp³-hybridized carbons (Fsp3) is 0.130. The molecule has 0 unspecified atom stereocenters. The Kier molecular flexibility index (Phi) is 5.37. The molecule has 0 atom stereocenters. The molecule has 27 heavy (non-hydrogen) atoms. The van der Waals surface area contributed by atoms with Crippen LogP contribution in [0, 0.1) is 0 Å². The first-order valence-corrected chi connectivity index (χ1v) is 11.4. The average molecular weight is 374 g/mol. The van der Waals surface area contributed by atoms with Gasteiger partial charge in [0.15, 0.2) is 0 Å². The second-order valence-corrected chi connectivity index (χ2v) is 11.0. The summed E-state index contributed by atoms with van der Waals surface area (Å²) in [6, 6.07) is 24.4. The lowest BCUT2D eigenvalue weighted by molar-refractivity contribution is 0.111. The minimum Gasteiger partial charge on any atom is -0.378 e. The normalized spacial score (nSPS) is 11.1. The summed E-state index contributed by atoms with van der Waals surface area (Å²) in [6.07, 6.45) is 1.74. The fourth-order valence-electron chi connectivity index (χ4n) is 3.38. The average Bonchev–Trinajstić information content (AvgIpc) is 2.73. The van der Waals surface area contributed by atoms with Crippen molar-refractivity contribution in [1.29, 1.82) is 0 Å². The summed E-state index contributed by atoms with van der Waals surface area (Å²) in [6.45, 7) is 2.31. The molecule has 0 aliphatic carbocycles. The van der Waals surface area contributed by atoms with Crippen LogP contribution in [0.25, 0.3) is 0 Å². The second-order valence-electron chi connectivity index (χ2n) is 7.05. The fourth-order valence-corrected chi connectivity index (χ4v) is 6.88. The predicted octanol–water partition coefficient (Wildman–Crippen LogP) is 2.48. The molecule has 0 saturated heterocycles. The van der Waals surface area contributed by atoms with E-state index in [0.717, 1.165) is 18.3 Å². The third-order valence-corrected chi connectivity index (χ3v) is 9.67. The monoisotopic (exact) mass is 373 g/mol.